The van der Waals surface area contributed by atoms with Crippen LogP contribution in [0, 0.1) is 22.5 Å². The van der Waals surface area contributed by atoms with Crippen LogP contribution in [0.25, 0.3) is 0 Å². The fourth-order valence-corrected chi connectivity index (χ4v) is 5.98. The summed E-state index contributed by atoms with van der Waals surface area (Å²) in [6.07, 6.45) is 8.15. The van der Waals surface area contributed by atoms with E-state index in [0.717, 1.165) is 18.3 Å². The number of piperazine rings is 1. The summed E-state index contributed by atoms with van der Waals surface area (Å²) in [5.74, 6) is 3.26. The highest BCUT2D eigenvalue weighted by Crippen LogP contribution is 2.36. The van der Waals surface area contributed by atoms with Crippen LogP contribution < -0.4 is 9.80 Å². The van der Waals surface area contributed by atoms with Crippen LogP contribution in [0.2, 0.25) is 0 Å². The number of nitro benzene ring substituents is 1. The third-order valence-electron chi connectivity index (χ3n) is 5.42. The zero-order valence-corrected chi connectivity index (χ0v) is 20.8. The van der Waals surface area contributed by atoms with Gasteiger partial charge in [0.05, 0.1) is 16.2 Å². The standard InChI is InChI=1S/C22H26BrN5O4S/c1-3-10-26(11-8-23)22-18(4-2)16-19(28(29)30)17-20(22)33(31,32)27-14-12-25(13-15-27)21-7-5-6-9-24-21/h2,5-7,9,16-17H,3,8,10-15H2,1H3. The molecule has 0 saturated carbocycles. The van der Waals surface area contributed by atoms with Crippen LogP contribution in [0.3, 0.4) is 0 Å². The first kappa shape index (κ1) is 25.0. The van der Waals surface area contributed by atoms with Crippen LogP contribution >= 0.6 is 15.9 Å². The third kappa shape index (κ3) is 5.46. The van der Waals surface area contributed by atoms with Crippen molar-refractivity contribution >= 4 is 43.1 Å². The molecule has 1 aromatic carbocycles. The maximum absolute atomic E-state index is 13.8. The fraction of sp³-hybridized carbons (Fsp3) is 0.409. The van der Waals surface area contributed by atoms with E-state index < -0.39 is 14.9 Å². The van der Waals surface area contributed by atoms with Crippen LogP contribution in [-0.2, 0) is 10.0 Å². The van der Waals surface area contributed by atoms with Crippen molar-refractivity contribution in [1.29, 1.82) is 0 Å². The highest BCUT2D eigenvalue weighted by atomic mass is 79.9. The molecule has 0 amide bonds. The molecule has 1 fully saturated rings. The van der Waals surface area contributed by atoms with Crippen molar-refractivity contribution < 1.29 is 13.3 Å². The van der Waals surface area contributed by atoms with E-state index >= 15 is 0 Å². The number of nitrogens with zero attached hydrogens (tertiary/aromatic N) is 5. The molecule has 176 valence electrons. The summed E-state index contributed by atoms with van der Waals surface area (Å²) in [7, 11) is -4.04. The first-order valence-electron chi connectivity index (χ1n) is 10.6. The van der Waals surface area contributed by atoms with Gasteiger partial charge in [0.1, 0.15) is 10.7 Å². The predicted octanol–water partition coefficient (Wildman–Crippen LogP) is 3.09. The molecule has 0 spiro atoms. The van der Waals surface area contributed by atoms with Crippen molar-refractivity contribution in [3.05, 3.63) is 52.2 Å². The molecule has 0 aliphatic carbocycles. The fourth-order valence-electron chi connectivity index (χ4n) is 3.88. The summed E-state index contributed by atoms with van der Waals surface area (Å²) in [6, 6.07) is 7.99. The molecule has 9 nitrogen and oxygen atoms in total. The first-order valence-corrected chi connectivity index (χ1v) is 13.2. The van der Waals surface area contributed by atoms with Crippen LogP contribution in [0.15, 0.2) is 41.4 Å². The Kier molecular flexibility index (Phi) is 8.29. The van der Waals surface area contributed by atoms with Gasteiger partial charge in [-0.1, -0.05) is 34.8 Å². The van der Waals surface area contributed by atoms with Crippen molar-refractivity contribution in [2.75, 3.05) is 54.4 Å². The van der Waals surface area contributed by atoms with Gasteiger partial charge in [-0.25, -0.2) is 13.4 Å². The minimum absolute atomic E-state index is 0.120. The van der Waals surface area contributed by atoms with Gasteiger partial charge in [0.25, 0.3) is 5.69 Å². The zero-order chi connectivity index (χ0) is 24.0. The molecule has 33 heavy (non-hydrogen) atoms. The molecule has 1 saturated heterocycles. The van der Waals surface area contributed by atoms with Crippen molar-refractivity contribution in [2.24, 2.45) is 0 Å². The minimum atomic E-state index is -4.04. The normalized spacial score (nSPS) is 14.6. The number of aromatic nitrogens is 1. The van der Waals surface area contributed by atoms with Gasteiger partial charge in [0.15, 0.2) is 0 Å². The number of sulfonamides is 1. The lowest BCUT2D eigenvalue weighted by molar-refractivity contribution is -0.385. The van der Waals surface area contributed by atoms with E-state index in [0.29, 0.717) is 37.2 Å². The van der Waals surface area contributed by atoms with Gasteiger partial charge in [0, 0.05) is 62.9 Å². The number of terminal acetylenes is 1. The molecular weight excluding hydrogens is 510 g/mol. The van der Waals surface area contributed by atoms with E-state index in [4.69, 9.17) is 6.42 Å². The Morgan fingerprint density at radius 2 is 1.97 bits per heavy atom. The lowest BCUT2D eigenvalue weighted by Gasteiger charge is -2.35. The van der Waals surface area contributed by atoms with Crippen LogP contribution in [0.5, 0.6) is 0 Å². The van der Waals surface area contributed by atoms with Gasteiger partial charge >= 0.3 is 0 Å². The lowest BCUT2D eigenvalue weighted by atomic mass is 10.1. The Morgan fingerprint density at radius 3 is 2.52 bits per heavy atom. The van der Waals surface area contributed by atoms with Gasteiger partial charge in [0.2, 0.25) is 10.0 Å². The minimum Gasteiger partial charge on any atom is -0.369 e. The van der Waals surface area contributed by atoms with Gasteiger partial charge in [-0.05, 0) is 18.6 Å². The molecule has 1 aliphatic heterocycles. The summed E-state index contributed by atoms with van der Waals surface area (Å²) in [5, 5.41) is 12.1. The topological polar surface area (TPSA) is 99.9 Å². The number of non-ortho nitro benzene ring substituents is 1. The van der Waals surface area contributed by atoms with Gasteiger partial charge in [-0.15, -0.1) is 6.42 Å². The average Bonchev–Trinajstić information content (AvgIpc) is 2.83. The van der Waals surface area contributed by atoms with Gasteiger partial charge < -0.3 is 9.80 Å². The SMILES string of the molecule is C#Cc1cc([N+](=O)[O-])cc(S(=O)(=O)N2CCN(c3ccccn3)CC2)c1N(CCC)CCBr. The number of hydrogen-bond acceptors (Lipinski definition) is 7. The quantitative estimate of drug-likeness (QED) is 0.210. The Bertz CT molecular complexity index is 1120. The molecule has 2 aromatic rings. The maximum Gasteiger partial charge on any atom is 0.272 e. The van der Waals surface area contributed by atoms with Gasteiger partial charge in [-0.3, -0.25) is 10.1 Å². The molecule has 11 heteroatoms. The second kappa shape index (κ2) is 11.0. The summed E-state index contributed by atoms with van der Waals surface area (Å²) >= 11 is 3.41. The Labute approximate surface area is 202 Å². The molecule has 1 aromatic heterocycles. The Morgan fingerprint density at radius 1 is 1.24 bits per heavy atom. The van der Waals surface area contributed by atoms with E-state index in [9.17, 15) is 18.5 Å². The number of hydrogen-bond donors (Lipinski definition) is 0. The predicted molar refractivity (Wildman–Crippen MR) is 133 cm³/mol. The summed E-state index contributed by atoms with van der Waals surface area (Å²) in [4.78, 5) is 19.0. The molecular formula is C22H26BrN5O4S. The van der Waals surface area contributed by atoms with E-state index in [1.165, 1.54) is 10.4 Å². The Balaban J connectivity index is 2.03. The number of anilines is 2. The second-order valence-electron chi connectivity index (χ2n) is 7.50. The highest BCUT2D eigenvalue weighted by Gasteiger charge is 2.34. The number of nitro groups is 1. The van der Waals surface area contributed by atoms with E-state index in [2.05, 4.69) is 26.8 Å². The van der Waals surface area contributed by atoms with E-state index in [1.54, 1.807) is 6.20 Å². The zero-order valence-electron chi connectivity index (χ0n) is 18.4. The maximum atomic E-state index is 13.8. The van der Waals surface area contributed by atoms with Crippen LogP contribution in [0.4, 0.5) is 17.2 Å². The van der Waals surface area contributed by atoms with Crippen molar-refractivity contribution in [2.45, 2.75) is 18.2 Å². The molecule has 3 rings (SSSR count). The number of benzene rings is 1. The number of rotatable bonds is 9. The van der Waals surface area contributed by atoms with Crippen molar-refractivity contribution in [3.63, 3.8) is 0 Å². The number of alkyl halides is 1. The van der Waals surface area contributed by atoms with Gasteiger partial charge in [-0.2, -0.15) is 4.31 Å². The first-order chi connectivity index (χ1) is 15.8. The molecule has 0 radical (unpaired) electrons. The van der Waals surface area contributed by atoms with Crippen molar-refractivity contribution in [3.8, 4) is 12.3 Å². The number of pyridine rings is 1. The third-order valence-corrected chi connectivity index (χ3v) is 7.69. The molecule has 0 bridgehead atoms. The highest BCUT2D eigenvalue weighted by molar-refractivity contribution is 9.09. The second-order valence-corrected chi connectivity index (χ2v) is 10.2. The lowest BCUT2D eigenvalue weighted by Crippen LogP contribution is -2.49. The monoisotopic (exact) mass is 535 g/mol. The van der Waals surface area contributed by atoms with Crippen molar-refractivity contribution in [1.82, 2.24) is 9.29 Å². The van der Waals surface area contributed by atoms with Crippen LogP contribution in [0.1, 0.15) is 18.9 Å². The molecule has 0 N–H and O–H groups in total. The molecule has 1 aliphatic rings. The van der Waals surface area contributed by atoms with E-state index in [-0.39, 0.29) is 29.2 Å². The summed E-state index contributed by atoms with van der Waals surface area (Å²) in [5.41, 5.74) is 0.202. The smallest absolute Gasteiger partial charge is 0.272 e. The number of halogens is 1. The molecule has 0 atom stereocenters. The summed E-state index contributed by atoms with van der Waals surface area (Å²) < 4.78 is 28.9. The Hall–Kier alpha value is -2.68. The summed E-state index contributed by atoms with van der Waals surface area (Å²) in [6.45, 7) is 4.44. The van der Waals surface area contributed by atoms with Crippen LogP contribution in [-0.4, -0.2) is 67.2 Å². The largest absolute Gasteiger partial charge is 0.369 e. The average molecular weight is 536 g/mol. The molecule has 0 unspecified atom stereocenters. The molecule has 2 heterocycles. The van der Waals surface area contributed by atoms with E-state index in [1.807, 2.05) is 34.9 Å².